The number of carboxylic acid groups (broad SMARTS) is 1. The maximum absolute atomic E-state index is 11.8. The standard InChI is InChI=1S/C10H18N2O5S/c1-18(16,17)6-4-11-10(15)12-5-2-3-8(12)7-9(13)14/h8H,2-7H2,1H3,(H,11,15)(H,13,14). The van der Waals surface area contributed by atoms with Gasteiger partial charge in [-0.1, -0.05) is 0 Å². The first-order valence-corrected chi connectivity index (χ1v) is 7.79. The molecule has 1 rings (SSSR count). The summed E-state index contributed by atoms with van der Waals surface area (Å²) in [6.45, 7) is 0.566. The van der Waals surface area contributed by atoms with Gasteiger partial charge in [0.25, 0.3) is 0 Å². The molecule has 0 spiro atoms. The minimum atomic E-state index is -3.10. The summed E-state index contributed by atoms with van der Waals surface area (Å²) < 4.78 is 21.8. The lowest BCUT2D eigenvalue weighted by atomic mass is 10.1. The molecule has 1 aliphatic heterocycles. The molecule has 18 heavy (non-hydrogen) atoms. The molecule has 0 saturated carbocycles. The Morgan fingerprint density at radius 2 is 2.11 bits per heavy atom. The molecule has 0 aliphatic carbocycles. The van der Waals surface area contributed by atoms with Gasteiger partial charge in [0.1, 0.15) is 9.84 Å². The summed E-state index contributed by atoms with van der Waals surface area (Å²) in [5.74, 6) is -1.05. The topological polar surface area (TPSA) is 104 Å². The summed E-state index contributed by atoms with van der Waals surface area (Å²) in [7, 11) is -3.10. The minimum Gasteiger partial charge on any atom is -0.481 e. The summed E-state index contributed by atoms with van der Waals surface area (Å²) in [4.78, 5) is 23.9. The Hall–Kier alpha value is -1.31. The molecule has 0 radical (unpaired) electrons. The van der Waals surface area contributed by atoms with Crippen molar-refractivity contribution in [2.45, 2.75) is 25.3 Å². The quantitative estimate of drug-likeness (QED) is 0.717. The maximum atomic E-state index is 11.8. The average molecular weight is 278 g/mol. The van der Waals surface area contributed by atoms with Crippen LogP contribution in [0.3, 0.4) is 0 Å². The molecule has 0 aromatic rings. The van der Waals surface area contributed by atoms with Crippen LogP contribution in [-0.2, 0) is 14.6 Å². The molecule has 2 N–H and O–H groups in total. The van der Waals surface area contributed by atoms with Crippen LogP contribution in [0.4, 0.5) is 4.79 Å². The average Bonchev–Trinajstić information content (AvgIpc) is 2.62. The lowest BCUT2D eigenvalue weighted by Crippen LogP contribution is -2.44. The van der Waals surface area contributed by atoms with Gasteiger partial charge in [0, 0.05) is 25.4 Å². The third-order valence-corrected chi connectivity index (χ3v) is 3.74. The summed E-state index contributed by atoms with van der Waals surface area (Å²) in [6.07, 6.45) is 2.48. The van der Waals surface area contributed by atoms with Gasteiger partial charge in [0.15, 0.2) is 0 Å². The van der Waals surface area contributed by atoms with Gasteiger partial charge in [-0.05, 0) is 12.8 Å². The van der Waals surface area contributed by atoms with Crippen molar-refractivity contribution in [3.05, 3.63) is 0 Å². The molecule has 1 saturated heterocycles. The Balaban J connectivity index is 2.43. The number of aliphatic carboxylic acids is 1. The molecule has 8 heteroatoms. The van der Waals surface area contributed by atoms with E-state index in [4.69, 9.17) is 5.11 Å². The smallest absolute Gasteiger partial charge is 0.317 e. The van der Waals surface area contributed by atoms with Crippen LogP contribution in [0.25, 0.3) is 0 Å². The molecule has 1 atom stereocenters. The molecule has 0 aromatic carbocycles. The van der Waals surface area contributed by atoms with Gasteiger partial charge >= 0.3 is 12.0 Å². The van der Waals surface area contributed by atoms with E-state index in [1.807, 2.05) is 0 Å². The van der Waals surface area contributed by atoms with Crippen LogP contribution in [0.5, 0.6) is 0 Å². The van der Waals surface area contributed by atoms with E-state index in [0.29, 0.717) is 13.0 Å². The van der Waals surface area contributed by atoms with E-state index in [0.717, 1.165) is 12.7 Å². The number of rotatable bonds is 5. The number of hydrogen-bond donors (Lipinski definition) is 2. The van der Waals surface area contributed by atoms with Crippen LogP contribution in [-0.4, -0.2) is 61.6 Å². The first-order chi connectivity index (χ1) is 8.29. The van der Waals surface area contributed by atoms with Gasteiger partial charge in [-0.25, -0.2) is 13.2 Å². The summed E-state index contributed by atoms with van der Waals surface area (Å²) in [5.41, 5.74) is 0. The number of nitrogens with one attached hydrogen (secondary N) is 1. The molecule has 1 unspecified atom stereocenters. The number of urea groups is 1. The van der Waals surface area contributed by atoms with E-state index < -0.39 is 15.8 Å². The van der Waals surface area contributed by atoms with Crippen LogP contribution in [0.2, 0.25) is 0 Å². The summed E-state index contributed by atoms with van der Waals surface area (Å²) in [6, 6.07) is -0.678. The molecule has 0 bridgehead atoms. The third kappa shape index (κ3) is 4.91. The SMILES string of the molecule is CS(=O)(=O)CCNC(=O)N1CCCC1CC(=O)O. The summed E-state index contributed by atoms with van der Waals surface area (Å²) >= 11 is 0. The van der Waals surface area contributed by atoms with Gasteiger partial charge in [0.05, 0.1) is 12.2 Å². The van der Waals surface area contributed by atoms with Crippen molar-refractivity contribution in [1.29, 1.82) is 0 Å². The number of nitrogens with zero attached hydrogens (tertiary/aromatic N) is 1. The highest BCUT2D eigenvalue weighted by Gasteiger charge is 2.30. The van der Waals surface area contributed by atoms with E-state index in [1.54, 1.807) is 0 Å². The third-order valence-electron chi connectivity index (χ3n) is 2.80. The zero-order valence-corrected chi connectivity index (χ0v) is 11.1. The van der Waals surface area contributed by atoms with Gasteiger partial charge in [-0.15, -0.1) is 0 Å². The molecule has 104 valence electrons. The number of hydrogen-bond acceptors (Lipinski definition) is 4. The van der Waals surface area contributed by atoms with Crippen LogP contribution in [0, 0.1) is 0 Å². The molecule has 1 heterocycles. The number of likely N-dealkylation sites (tertiary alicyclic amines) is 1. The second kappa shape index (κ2) is 6.03. The van der Waals surface area contributed by atoms with Gasteiger partial charge in [-0.2, -0.15) is 0 Å². The Morgan fingerprint density at radius 1 is 1.44 bits per heavy atom. The number of carbonyl (C=O) groups excluding carboxylic acids is 1. The Kier molecular flexibility index (Phi) is 4.94. The fraction of sp³-hybridized carbons (Fsp3) is 0.800. The van der Waals surface area contributed by atoms with Gasteiger partial charge in [-0.3, -0.25) is 4.79 Å². The summed E-state index contributed by atoms with van der Waals surface area (Å²) in [5, 5.41) is 11.2. The highest BCUT2D eigenvalue weighted by atomic mass is 32.2. The largest absolute Gasteiger partial charge is 0.481 e. The predicted octanol–water partition coefficient (Wildman–Crippen LogP) is -0.320. The van der Waals surface area contributed by atoms with E-state index in [-0.39, 0.29) is 30.8 Å². The van der Waals surface area contributed by atoms with E-state index in [1.165, 1.54) is 4.90 Å². The van der Waals surface area contributed by atoms with Crippen LogP contribution in [0.15, 0.2) is 0 Å². The number of sulfone groups is 1. The van der Waals surface area contributed by atoms with E-state index in [2.05, 4.69) is 5.32 Å². The second-order valence-corrected chi connectivity index (χ2v) is 6.71. The van der Waals surface area contributed by atoms with Gasteiger partial charge in [0.2, 0.25) is 0 Å². The first kappa shape index (κ1) is 14.7. The minimum absolute atomic E-state index is 0.0496. The molecular formula is C10H18N2O5S. The normalized spacial score (nSPS) is 19.8. The zero-order chi connectivity index (χ0) is 13.8. The van der Waals surface area contributed by atoms with Crippen molar-refractivity contribution in [3.8, 4) is 0 Å². The monoisotopic (exact) mass is 278 g/mol. The molecule has 1 fully saturated rings. The maximum Gasteiger partial charge on any atom is 0.317 e. The Morgan fingerprint density at radius 3 is 2.67 bits per heavy atom. The van der Waals surface area contributed by atoms with Crippen LogP contribution >= 0.6 is 0 Å². The fourth-order valence-corrected chi connectivity index (χ4v) is 2.43. The van der Waals surface area contributed by atoms with Crippen molar-refractivity contribution in [1.82, 2.24) is 10.2 Å². The van der Waals surface area contributed by atoms with Crippen molar-refractivity contribution in [3.63, 3.8) is 0 Å². The zero-order valence-electron chi connectivity index (χ0n) is 10.3. The van der Waals surface area contributed by atoms with Crippen molar-refractivity contribution < 1.29 is 23.1 Å². The number of carboxylic acids is 1. The van der Waals surface area contributed by atoms with Gasteiger partial charge < -0.3 is 15.3 Å². The van der Waals surface area contributed by atoms with E-state index in [9.17, 15) is 18.0 Å². The fourth-order valence-electron chi connectivity index (χ4n) is 1.96. The van der Waals surface area contributed by atoms with Crippen LogP contribution < -0.4 is 5.32 Å². The predicted molar refractivity (Wildman–Crippen MR) is 65.1 cm³/mol. The highest BCUT2D eigenvalue weighted by molar-refractivity contribution is 7.90. The van der Waals surface area contributed by atoms with Crippen molar-refractivity contribution in [2.75, 3.05) is 25.1 Å². The second-order valence-electron chi connectivity index (χ2n) is 4.45. The number of amides is 2. The highest BCUT2D eigenvalue weighted by Crippen LogP contribution is 2.19. The lowest BCUT2D eigenvalue weighted by molar-refractivity contribution is -0.137. The molecule has 7 nitrogen and oxygen atoms in total. The lowest BCUT2D eigenvalue weighted by Gasteiger charge is -2.23. The number of carbonyl (C=O) groups is 2. The van der Waals surface area contributed by atoms with Crippen molar-refractivity contribution >= 4 is 21.8 Å². The van der Waals surface area contributed by atoms with Crippen molar-refractivity contribution in [2.24, 2.45) is 0 Å². The Bertz CT molecular complexity index is 420. The van der Waals surface area contributed by atoms with Crippen LogP contribution in [0.1, 0.15) is 19.3 Å². The molecule has 0 aromatic heterocycles. The molecular weight excluding hydrogens is 260 g/mol. The first-order valence-electron chi connectivity index (χ1n) is 5.73. The molecule has 2 amide bonds. The Labute approximate surface area is 106 Å². The molecule has 1 aliphatic rings. The van der Waals surface area contributed by atoms with E-state index >= 15 is 0 Å².